The van der Waals surface area contributed by atoms with Crippen LogP contribution in [0.15, 0.2) is 54.6 Å². The second-order valence-corrected chi connectivity index (χ2v) is 9.17. The number of aromatic hydroxyl groups is 1. The second kappa shape index (κ2) is 16.6. The van der Waals surface area contributed by atoms with Crippen LogP contribution in [0.1, 0.15) is 38.8 Å². The van der Waals surface area contributed by atoms with E-state index in [1.165, 1.54) is 19.1 Å². The lowest BCUT2D eigenvalue weighted by Gasteiger charge is -2.22. The molecule has 3 unspecified atom stereocenters. The molecule has 2 rings (SSSR count). The normalized spacial score (nSPS) is 12.7. The molecular formula is C26H37N3O9. The number of hydrogen-bond donors (Lipinski definition) is 7. The summed E-state index contributed by atoms with van der Waals surface area (Å²) in [5, 5.41) is 37.0. The molecule has 12 nitrogen and oxygen atoms in total. The molecule has 2 aromatic carbocycles. The minimum Gasteiger partial charge on any atom is -0.508 e. The Balaban J connectivity index is 0.000000640. The number of carbonyl (C=O) groups excluding carboxylic acids is 1. The van der Waals surface area contributed by atoms with E-state index in [-0.39, 0.29) is 12.2 Å². The Bertz CT molecular complexity index is 1020. The van der Waals surface area contributed by atoms with E-state index in [4.69, 9.17) is 36.6 Å². The van der Waals surface area contributed by atoms with Gasteiger partial charge >= 0.3 is 24.0 Å². The Hall–Kier alpha value is -4.16. The molecule has 2 aromatic rings. The van der Waals surface area contributed by atoms with Gasteiger partial charge in [-0.2, -0.15) is 0 Å². The van der Waals surface area contributed by atoms with Crippen molar-refractivity contribution in [3.05, 3.63) is 65.7 Å². The van der Waals surface area contributed by atoms with Crippen molar-refractivity contribution in [2.75, 3.05) is 0 Å². The van der Waals surface area contributed by atoms with Crippen LogP contribution < -0.4 is 16.8 Å². The van der Waals surface area contributed by atoms with E-state index < -0.39 is 47.7 Å². The van der Waals surface area contributed by atoms with Gasteiger partial charge in [-0.15, -0.1) is 0 Å². The largest absolute Gasteiger partial charge is 0.508 e. The lowest BCUT2D eigenvalue weighted by atomic mass is 10.1. The van der Waals surface area contributed by atoms with Crippen LogP contribution in [0.2, 0.25) is 0 Å². The summed E-state index contributed by atoms with van der Waals surface area (Å²) in [6.45, 7) is 6.51. The summed E-state index contributed by atoms with van der Waals surface area (Å²) in [5.74, 6) is -2.97. The minimum atomic E-state index is -1.15. The lowest BCUT2D eigenvalue weighted by molar-refractivity contribution is -0.140. The molecule has 0 aliphatic rings. The molecule has 3 atom stereocenters. The summed E-state index contributed by atoms with van der Waals surface area (Å²) in [4.78, 5) is 42.7. The first kappa shape index (κ1) is 33.8. The molecule has 0 aromatic heterocycles. The van der Waals surface area contributed by atoms with Crippen LogP contribution >= 0.6 is 0 Å². The molecule has 0 aliphatic carbocycles. The average Bonchev–Trinajstić information content (AvgIpc) is 2.80. The van der Waals surface area contributed by atoms with Crippen LogP contribution in [0.3, 0.4) is 0 Å². The van der Waals surface area contributed by atoms with Gasteiger partial charge in [0.1, 0.15) is 29.5 Å². The Labute approximate surface area is 221 Å². The zero-order valence-corrected chi connectivity index (χ0v) is 21.8. The number of amides is 1. The number of benzene rings is 2. The molecule has 0 radical (unpaired) electrons. The van der Waals surface area contributed by atoms with Crippen molar-refractivity contribution in [1.82, 2.24) is 5.32 Å². The molecule has 0 fully saturated rings. The molecule has 9 N–H and O–H groups in total. The fourth-order valence-electron chi connectivity index (χ4n) is 2.47. The summed E-state index contributed by atoms with van der Waals surface area (Å²) in [5.41, 5.74) is 11.1. The topological polar surface area (TPSA) is 222 Å². The van der Waals surface area contributed by atoms with Gasteiger partial charge in [-0.1, -0.05) is 42.5 Å². The van der Waals surface area contributed by atoms with Gasteiger partial charge in [-0.25, -0.2) is 9.59 Å². The third-order valence-corrected chi connectivity index (χ3v) is 4.37. The highest BCUT2D eigenvalue weighted by Gasteiger charge is 2.24. The number of carbonyl (C=O) groups is 4. The standard InChI is InChI=1S/C14H19NO5.C9H11NO2.C3H7NO2/c1-14(2,3)20-13(19)15-11(12(17)18)8-9-4-6-10(16)7-5-9;10-8(9(11)12)6-7-4-2-1-3-5-7;1-2(4)3(5)6/h4-7,11,16H,8H2,1-3H3,(H,15,19)(H,17,18);1-5,8H,6,10H2,(H,11,12);2H,4H2,1H3,(H,5,6). The van der Waals surface area contributed by atoms with Gasteiger partial charge in [-0.3, -0.25) is 9.59 Å². The number of rotatable bonds is 8. The number of carboxylic acids is 3. The van der Waals surface area contributed by atoms with E-state index in [1.54, 1.807) is 32.9 Å². The van der Waals surface area contributed by atoms with Crippen molar-refractivity contribution >= 4 is 24.0 Å². The van der Waals surface area contributed by atoms with E-state index >= 15 is 0 Å². The first-order valence-corrected chi connectivity index (χ1v) is 11.5. The first-order valence-electron chi connectivity index (χ1n) is 11.5. The zero-order valence-electron chi connectivity index (χ0n) is 21.8. The fraction of sp³-hybridized carbons (Fsp3) is 0.385. The number of alkyl carbamates (subject to hydrolysis) is 1. The molecule has 38 heavy (non-hydrogen) atoms. The predicted molar refractivity (Wildman–Crippen MR) is 140 cm³/mol. The fourth-order valence-corrected chi connectivity index (χ4v) is 2.47. The third-order valence-electron chi connectivity index (χ3n) is 4.37. The second-order valence-electron chi connectivity index (χ2n) is 9.17. The Morgan fingerprint density at radius 2 is 1.29 bits per heavy atom. The summed E-state index contributed by atoms with van der Waals surface area (Å²) < 4.78 is 5.02. The molecule has 0 aliphatic heterocycles. The molecule has 0 saturated heterocycles. The Morgan fingerprint density at radius 1 is 0.816 bits per heavy atom. The molecule has 0 heterocycles. The maximum atomic E-state index is 11.6. The number of nitrogens with two attached hydrogens (primary N) is 2. The van der Waals surface area contributed by atoms with Gasteiger partial charge in [0.25, 0.3) is 0 Å². The molecule has 0 bridgehead atoms. The molecule has 210 valence electrons. The number of ether oxygens (including phenoxy) is 1. The van der Waals surface area contributed by atoms with Gasteiger partial charge in [0.05, 0.1) is 0 Å². The Kier molecular flexibility index (Phi) is 14.7. The number of hydrogen-bond acceptors (Lipinski definition) is 8. The van der Waals surface area contributed by atoms with Crippen molar-refractivity contribution in [1.29, 1.82) is 0 Å². The highest BCUT2D eigenvalue weighted by molar-refractivity contribution is 5.80. The van der Waals surface area contributed by atoms with Gasteiger partial charge in [0, 0.05) is 6.42 Å². The van der Waals surface area contributed by atoms with Crippen LogP contribution in [0.4, 0.5) is 4.79 Å². The van der Waals surface area contributed by atoms with Crippen molar-refractivity contribution in [2.24, 2.45) is 11.5 Å². The summed E-state index contributed by atoms with van der Waals surface area (Å²) in [7, 11) is 0. The number of phenols is 1. The predicted octanol–water partition coefficient (Wildman–Crippen LogP) is 1.97. The molecule has 0 saturated carbocycles. The van der Waals surface area contributed by atoms with Gasteiger partial charge in [-0.05, 0) is 57.4 Å². The highest BCUT2D eigenvalue weighted by Crippen LogP contribution is 2.12. The zero-order chi connectivity index (χ0) is 29.5. The van der Waals surface area contributed by atoms with Gasteiger partial charge in [0.15, 0.2) is 0 Å². The summed E-state index contributed by atoms with van der Waals surface area (Å²) >= 11 is 0. The third kappa shape index (κ3) is 16.5. The van der Waals surface area contributed by atoms with Crippen LogP contribution in [0.5, 0.6) is 5.75 Å². The summed E-state index contributed by atoms with van der Waals surface area (Å²) in [6, 6.07) is 12.8. The van der Waals surface area contributed by atoms with E-state index in [9.17, 15) is 19.2 Å². The van der Waals surface area contributed by atoms with Crippen LogP contribution in [-0.2, 0) is 32.0 Å². The van der Waals surface area contributed by atoms with E-state index in [2.05, 4.69) is 5.32 Å². The number of aliphatic carboxylic acids is 3. The number of carboxylic acid groups (broad SMARTS) is 3. The van der Waals surface area contributed by atoms with Crippen LogP contribution in [0, 0.1) is 0 Å². The molecule has 1 amide bonds. The van der Waals surface area contributed by atoms with Crippen molar-refractivity contribution in [3.8, 4) is 5.75 Å². The Morgan fingerprint density at radius 3 is 1.68 bits per heavy atom. The molecule has 12 heteroatoms. The maximum Gasteiger partial charge on any atom is 0.408 e. The number of phenolic OH excluding ortho intramolecular Hbond substituents is 1. The lowest BCUT2D eigenvalue weighted by Crippen LogP contribution is -2.44. The average molecular weight is 536 g/mol. The van der Waals surface area contributed by atoms with Crippen molar-refractivity contribution in [2.45, 2.75) is 64.3 Å². The minimum absolute atomic E-state index is 0.0979. The maximum absolute atomic E-state index is 11.6. The van der Waals surface area contributed by atoms with E-state index in [0.29, 0.717) is 12.0 Å². The summed E-state index contributed by atoms with van der Waals surface area (Å²) in [6.07, 6.45) is -0.283. The van der Waals surface area contributed by atoms with Gasteiger partial charge < -0.3 is 41.9 Å². The molecule has 0 spiro atoms. The monoisotopic (exact) mass is 535 g/mol. The van der Waals surface area contributed by atoms with Crippen LogP contribution in [-0.4, -0.2) is 68.2 Å². The van der Waals surface area contributed by atoms with E-state index in [0.717, 1.165) is 5.56 Å². The van der Waals surface area contributed by atoms with E-state index in [1.807, 2.05) is 30.3 Å². The smallest absolute Gasteiger partial charge is 0.408 e. The highest BCUT2D eigenvalue weighted by atomic mass is 16.6. The van der Waals surface area contributed by atoms with Crippen LogP contribution in [0.25, 0.3) is 0 Å². The number of nitrogens with one attached hydrogen (secondary N) is 1. The van der Waals surface area contributed by atoms with Crippen molar-refractivity contribution < 1.29 is 44.3 Å². The molecular weight excluding hydrogens is 498 g/mol. The van der Waals surface area contributed by atoms with Crippen molar-refractivity contribution in [3.63, 3.8) is 0 Å². The first-order chi connectivity index (χ1) is 17.5. The van der Waals surface area contributed by atoms with Gasteiger partial charge in [0.2, 0.25) is 0 Å². The quantitative estimate of drug-likeness (QED) is 0.259. The SMILES string of the molecule is CC(C)(C)OC(=O)NC(Cc1ccc(O)cc1)C(=O)O.CC(N)C(=O)O.NC(Cc1ccccc1)C(=O)O.